The van der Waals surface area contributed by atoms with E-state index in [0.717, 1.165) is 0 Å². The van der Waals surface area contributed by atoms with E-state index in [2.05, 4.69) is 5.53 Å². The summed E-state index contributed by atoms with van der Waals surface area (Å²) in [5.74, 6) is 5.53. The molecule has 0 radical (unpaired) electrons. The molecule has 1 aliphatic rings. The minimum atomic E-state index is -0.591. The molecule has 8 heteroatoms. The number of hydrogen-bond acceptors (Lipinski definition) is 7. The third-order valence-corrected chi connectivity index (χ3v) is 1.91. The smallest absolute Gasteiger partial charge is 0.399 e. The van der Waals surface area contributed by atoms with Gasteiger partial charge in [-0.2, -0.15) is 0 Å². The number of hydrogen-bond donors (Lipinski definition) is 2. The Labute approximate surface area is 84.6 Å². The lowest BCUT2D eigenvalue weighted by molar-refractivity contribution is -0.402. The van der Waals surface area contributed by atoms with Gasteiger partial charge in [-0.1, -0.05) is 0 Å². The Morgan fingerprint density at radius 2 is 2.33 bits per heavy atom. The normalized spacial score (nSPS) is 15.7. The van der Waals surface area contributed by atoms with E-state index in [4.69, 9.17) is 10.3 Å². The Balaban J connectivity index is 2.30. The predicted octanol–water partition coefficient (Wildman–Crippen LogP) is 0.0269. The second-order valence-electron chi connectivity index (χ2n) is 2.98. The van der Waals surface area contributed by atoms with Gasteiger partial charge in [0, 0.05) is 7.05 Å². The monoisotopic (exact) mass is 211 g/mol. The Morgan fingerprint density at radius 1 is 1.60 bits per heavy atom. The fourth-order valence-electron chi connectivity index (χ4n) is 1.27. The van der Waals surface area contributed by atoms with E-state index in [1.807, 2.05) is 0 Å². The molecule has 0 fully saturated rings. The molecule has 2 heterocycles. The Morgan fingerprint density at radius 3 is 2.80 bits per heavy atom. The van der Waals surface area contributed by atoms with E-state index in [0.29, 0.717) is 11.5 Å². The maximum absolute atomic E-state index is 10.4. The highest BCUT2D eigenvalue weighted by Gasteiger charge is 2.22. The van der Waals surface area contributed by atoms with Crippen molar-refractivity contribution in [1.29, 1.82) is 0 Å². The summed E-state index contributed by atoms with van der Waals surface area (Å²) < 4.78 is 5.02. The Kier molecular flexibility index (Phi) is 2.06. The van der Waals surface area contributed by atoms with Gasteiger partial charge in [0.05, 0.1) is 12.3 Å². The fraction of sp³-hybridized carbons (Fsp3) is 0.143. The van der Waals surface area contributed by atoms with Gasteiger partial charge in [-0.15, -0.1) is 5.53 Å². The molecular formula is C7H9N5O3. The summed E-state index contributed by atoms with van der Waals surface area (Å²) in [6, 6.07) is 2.81. The summed E-state index contributed by atoms with van der Waals surface area (Å²) in [6.45, 7) is 0. The quantitative estimate of drug-likeness (QED) is 0.404. The number of nitrogens with one attached hydrogen (secondary N) is 1. The van der Waals surface area contributed by atoms with Gasteiger partial charge in [-0.25, -0.2) is 11.0 Å². The van der Waals surface area contributed by atoms with E-state index in [-0.39, 0.29) is 5.88 Å². The van der Waals surface area contributed by atoms with Gasteiger partial charge in [0.25, 0.3) is 0 Å². The molecule has 1 aliphatic heterocycles. The van der Waals surface area contributed by atoms with Crippen LogP contribution in [0.5, 0.6) is 0 Å². The van der Waals surface area contributed by atoms with Crippen LogP contribution in [0.1, 0.15) is 5.76 Å². The molecule has 0 aromatic carbocycles. The molecule has 15 heavy (non-hydrogen) atoms. The third-order valence-electron chi connectivity index (χ3n) is 1.91. The van der Waals surface area contributed by atoms with Crippen LogP contribution in [0, 0.1) is 10.1 Å². The fourth-order valence-corrected chi connectivity index (χ4v) is 1.27. The van der Waals surface area contributed by atoms with E-state index in [1.165, 1.54) is 17.3 Å². The zero-order valence-electron chi connectivity index (χ0n) is 7.88. The lowest BCUT2D eigenvalue weighted by Gasteiger charge is -2.15. The van der Waals surface area contributed by atoms with Gasteiger partial charge in [0.1, 0.15) is 10.6 Å². The van der Waals surface area contributed by atoms with Crippen molar-refractivity contribution in [2.75, 3.05) is 7.05 Å². The first kappa shape index (κ1) is 9.49. The maximum atomic E-state index is 10.4. The summed E-state index contributed by atoms with van der Waals surface area (Å²) in [5.41, 5.74) is 3.34. The van der Waals surface area contributed by atoms with Crippen molar-refractivity contribution >= 4 is 11.6 Å². The van der Waals surface area contributed by atoms with E-state index >= 15 is 0 Å². The summed E-state index contributed by atoms with van der Waals surface area (Å²) in [7, 11) is 1.72. The maximum Gasteiger partial charge on any atom is 0.433 e. The van der Waals surface area contributed by atoms with E-state index in [1.54, 1.807) is 18.3 Å². The van der Waals surface area contributed by atoms with Crippen LogP contribution >= 0.6 is 0 Å². The van der Waals surface area contributed by atoms with Crippen LogP contribution in [-0.2, 0) is 0 Å². The summed E-state index contributed by atoms with van der Waals surface area (Å²) in [6.07, 6.45) is 1.56. The molecule has 80 valence electrons. The van der Waals surface area contributed by atoms with E-state index in [9.17, 15) is 10.1 Å². The first-order valence-corrected chi connectivity index (χ1v) is 4.08. The minimum absolute atomic E-state index is 0.297. The van der Waals surface area contributed by atoms with Crippen LogP contribution in [0.4, 0.5) is 5.88 Å². The van der Waals surface area contributed by atoms with Gasteiger partial charge < -0.3 is 4.42 Å². The van der Waals surface area contributed by atoms with Crippen LogP contribution in [-0.4, -0.2) is 22.1 Å². The molecule has 3 N–H and O–H groups in total. The Hall–Kier alpha value is -2.06. The van der Waals surface area contributed by atoms with Crippen molar-refractivity contribution < 1.29 is 9.34 Å². The number of nitro groups is 1. The first-order chi connectivity index (χ1) is 7.08. The molecule has 0 saturated carbocycles. The molecule has 0 amide bonds. The third kappa shape index (κ3) is 1.63. The van der Waals surface area contributed by atoms with Crippen molar-refractivity contribution in [3.63, 3.8) is 0 Å². The predicted molar refractivity (Wildman–Crippen MR) is 50.3 cm³/mol. The minimum Gasteiger partial charge on any atom is -0.399 e. The van der Waals surface area contributed by atoms with Crippen molar-refractivity contribution in [2.45, 2.75) is 0 Å². The van der Waals surface area contributed by atoms with Gasteiger partial charge >= 0.3 is 5.88 Å². The van der Waals surface area contributed by atoms with Gasteiger partial charge in [-0.05, 0) is 6.07 Å². The number of nitrogens with two attached hydrogens (primary N) is 1. The molecule has 2 rings (SSSR count). The number of furan rings is 1. The molecule has 0 saturated heterocycles. The number of rotatable bonds is 2. The average molecular weight is 211 g/mol. The SMILES string of the molecule is CN1NN(N)C=C1c1ccc([N+](=O)[O-])o1. The topological polar surface area (TPSA) is 101 Å². The van der Waals surface area contributed by atoms with Crippen molar-refractivity contribution in [3.05, 3.63) is 34.2 Å². The zero-order chi connectivity index (χ0) is 11.0. The van der Waals surface area contributed by atoms with Gasteiger partial charge in [-0.3, -0.25) is 15.1 Å². The molecule has 1 aromatic heterocycles. The molecule has 0 aliphatic carbocycles. The second kappa shape index (κ2) is 3.26. The van der Waals surface area contributed by atoms with Crippen LogP contribution in [0.2, 0.25) is 0 Å². The second-order valence-corrected chi connectivity index (χ2v) is 2.98. The molecule has 0 atom stereocenters. The molecule has 1 aromatic rings. The molecule has 8 nitrogen and oxygen atoms in total. The van der Waals surface area contributed by atoms with Gasteiger partial charge in [0.2, 0.25) is 0 Å². The summed E-state index contributed by atoms with van der Waals surface area (Å²) >= 11 is 0. The molecular weight excluding hydrogens is 202 g/mol. The summed E-state index contributed by atoms with van der Waals surface area (Å²) in [4.78, 5) is 9.81. The number of nitrogens with zero attached hydrogens (tertiary/aromatic N) is 3. The van der Waals surface area contributed by atoms with Crippen LogP contribution in [0.3, 0.4) is 0 Å². The highest BCUT2D eigenvalue weighted by atomic mass is 16.6. The largest absolute Gasteiger partial charge is 0.433 e. The highest BCUT2D eigenvalue weighted by molar-refractivity contribution is 5.60. The zero-order valence-corrected chi connectivity index (χ0v) is 7.88. The summed E-state index contributed by atoms with van der Waals surface area (Å²) in [5, 5.41) is 13.2. The molecule has 0 bridgehead atoms. The van der Waals surface area contributed by atoms with Crippen molar-refractivity contribution in [3.8, 4) is 0 Å². The first-order valence-electron chi connectivity index (χ1n) is 4.08. The molecule has 0 unspecified atom stereocenters. The van der Waals surface area contributed by atoms with E-state index < -0.39 is 4.92 Å². The van der Waals surface area contributed by atoms with Crippen LogP contribution in [0.15, 0.2) is 22.7 Å². The van der Waals surface area contributed by atoms with Crippen molar-refractivity contribution in [1.82, 2.24) is 15.7 Å². The average Bonchev–Trinajstić information content (AvgIpc) is 2.71. The lowest BCUT2D eigenvalue weighted by Crippen LogP contribution is -2.41. The lowest BCUT2D eigenvalue weighted by atomic mass is 10.3. The highest BCUT2D eigenvalue weighted by Crippen LogP contribution is 2.25. The standard InChI is InChI=1S/C7H9N5O3/c1-10-5(4-11(8)9-10)6-2-3-7(15-6)12(13)14/h2-4,9H,8H2,1H3. The van der Waals surface area contributed by atoms with Gasteiger partial charge in [0.15, 0.2) is 5.76 Å². The van der Waals surface area contributed by atoms with Crippen molar-refractivity contribution in [2.24, 2.45) is 5.84 Å². The molecule has 0 spiro atoms. The van der Waals surface area contributed by atoms with Crippen LogP contribution < -0.4 is 11.4 Å². The van der Waals surface area contributed by atoms with Crippen LogP contribution in [0.25, 0.3) is 5.70 Å². The Bertz CT molecular complexity index is 426. The number of hydrazine groups is 3.